The Kier molecular flexibility index (Phi) is 5.79. The third-order valence-corrected chi connectivity index (χ3v) is 5.52. The quantitative estimate of drug-likeness (QED) is 0.575. The SMILES string of the molecule is COC(=O)C[C@@H](NC(=S)N1C[C@@H]2C[C@H](C1)c1cccc(=O)n1C2)C(=O)OC. The number of nitrogens with one attached hydrogen (secondary N) is 1. The zero-order valence-corrected chi connectivity index (χ0v) is 16.2. The Balaban J connectivity index is 1.72. The molecule has 9 heteroatoms. The normalized spacial score (nSPS) is 21.6. The summed E-state index contributed by atoms with van der Waals surface area (Å²) in [6, 6.07) is 4.46. The van der Waals surface area contributed by atoms with Crippen LogP contribution in [0.3, 0.4) is 0 Å². The summed E-state index contributed by atoms with van der Waals surface area (Å²) in [5, 5.41) is 3.34. The van der Waals surface area contributed by atoms with Gasteiger partial charge in [0.05, 0.1) is 20.6 Å². The monoisotopic (exact) mass is 393 g/mol. The number of fused-ring (bicyclic) bond motifs is 4. The van der Waals surface area contributed by atoms with E-state index in [2.05, 4.69) is 10.1 Å². The molecule has 2 aliphatic heterocycles. The highest BCUT2D eigenvalue weighted by atomic mass is 32.1. The molecular weight excluding hydrogens is 370 g/mol. The maximum atomic E-state index is 12.1. The molecule has 0 unspecified atom stereocenters. The maximum absolute atomic E-state index is 12.1. The number of rotatable bonds is 4. The van der Waals surface area contributed by atoms with Gasteiger partial charge in [-0.15, -0.1) is 0 Å². The van der Waals surface area contributed by atoms with Gasteiger partial charge in [-0.1, -0.05) is 6.07 Å². The average Bonchev–Trinajstić information content (AvgIpc) is 2.67. The van der Waals surface area contributed by atoms with E-state index in [9.17, 15) is 14.4 Å². The molecule has 3 atom stereocenters. The number of thiocarbonyl (C=S) groups is 1. The molecule has 8 nitrogen and oxygen atoms in total. The van der Waals surface area contributed by atoms with Crippen molar-refractivity contribution in [1.82, 2.24) is 14.8 Å². The van der Waals surface area contributed by atoms with Gasteiger partial charge >= 0.3 is 11.9 Å². The third-order valence-electron chi connectivity index (χ3n) is 5.15. The minimum absolute atomic E-state index is 0.0279. The largest absolute Gasteiger partial charge is 0.469 e. The molecular formula is C18H23N3O5S. The predicted octanol–water partition coefficient (Wildman–Crippen LogP) is 0.247. The Morgan fingerprint density at radius 1 is 1.26 bits per heavy atom. The van der Waals surface area contributed by atoms with Crippen LogP contribution in [0.25, 0.3) is 0 Å². The fraction of sp³-hybridized carbons (Fsp3) is 0.556. The van der Waals surface area contributed by atoms with Gasteiger partial charge in [-0.3, -0.25) is 9.59 Å². The number of ether oxygens (including phenoxy) is 2. The molecule has 0 radical (unpaired) electrons. The molecule has 2 bridgehead atoms. The highest BCUT2D eigenvalue weighted by Gasteiger charge is 2.36. The van der Waals surface area contributed by atoms with Crippen molar-refractivity contribution in [3.63, 3.8) is 0 Å². The first-order valence-corrected chi connectivity index (χ1v) is 9.23. The number of nitrogens with zero attached hydrogens (tertiary/aromatic N) is 2. The van der Waals surface area contributed by atoms with E-state index in [-0.39, 0.29) is 17.9 Å². The number of pyridine rings is 1. The lowest BCUT2D eigenvalue weighted by Gasteiger charge is -2.44. The van der Waals surface area contributed by atoms with Crippen molar-refractivity contribution in [1.29, 1.82) is 0 Å². The Labute approximate surface area is 162 Å². The lowest BCUT2D eigenvalue weighted by Crippen LogP contribution is -2.55. The van der Waals surface area contributed by atoms with Crippen LogP contribution in [0.2, 0.25) is 0 Å². The molecule has 1 saturated heterocycles. The van der Waals surface area contributed by atoms with Crippen LogP contribution in [0.4, 0.5) is 0 Å². The number of hydrogen-bond acceptors (Lipinski definition) is 6. The minimum atomic E-state index is -0.897. The van der Waals surface area contributed by atoms with Gasteiger partial charge in [-0.25, -0.2) is 4.79 Å². The number of piperidine rings is 1. The summed E-state index contributed by atoms with van der Waals surface area (Å²) in [6.45, 7) is 2.00. The maximum Gasteiger partial charge on any atom is 0.328 e. The number of carbonyl (C=O) groups excluding carboxylic acids is 2. The lowest BCUT2D eigenvalue weighted by atomic mass is 9.83. The first kappa shape index (κ1) is 19.3. The fourth-order valence-electron chi connectivity index (χ4n) is 3.89. The molecule has 3 heterocycles. The molecule has 1 aromatic heterocycles. The highest BCUT2D eigenvalue weighted by Crippen LogP contribution is 2.34. The van der Waals surface area contributed by atoms with E-state index in [1.165, 1.54) is 14.2 Å². The second-order valence-corrected chi connectivity index (χ2v) is 7.30. The number of hydrogen-bond donors (Lipinski definition) is 1. The number of carbonyl (C=O) groups is 2. The van der Waals surface area contributed by atoms with Crippen molar-refractivity contribution >= 4 is 29.3 Å². The standard InChI is InChI=1S/C18H23N3O5S/c1-25-16(23)7-13(17(24)26-2)19-18(27)20-8-11-6-12(10-20)14-4-3-5-15(22)21(14)9-11/h3-5,11-13H,6-10H2,1-2H3,(H,19,27)/t11-,12+,13+/m0/s1. The van der Waals surface area contributed by atoms with Crippen LogP contribution < -0.4 is 10.9 Å². The van der Waals surface area contributed by atoms with Gasteiger partial charge in [0.1, 0.15) is 6.04 Å². The number of likely N-dealkylation sites (tertiary alicyclic amines) is 1. The van der Waals surface area contributed by atoms with Crippen LogP contribution in [-0.2, 0) is 25.6 Å². The summed E-state index contributed by atoms with van der Waals surface area (Å²) in [5.74, 6) is -0.599. The molecule has 2 aliphatic rings. The van der Waals surface area contributed by atoms with Gasteiger partial charge in [-0.05, 0) is 30.6 Å². The van der Waals surface area contributed by atoms with Crippen molar-refractivity contribution < 1.29 is 19.1 Å². The van der Waals surface area contributed by atoms with Gasteiger partial charge in [0.2, 0.25) is 0 Å². The van der Waals surface area contributed by atoms with Crippen LogP contribution in [0.15, 0.2) is 23.0 Å². The van der Waals surface area contributed by atoms with E-state index in [0.717, 1.165) is 12.1 Å². The third kappa shape index (κ3) is 4.13. The summed E-state index contributed by atoms with van der Waals surface area (Å²) in [5.41, 5.74) is 1.05. The molecule has 0 aliphatic carbocycles. The van der Waals surface area contributed by atoms with E-state index < -0.39 is 18.0 Å². The summed E-state index contributed by atoms with van der Waals surface area (Å²) in [6.07, 6.45) is 0.841. The topological polar surface area (TPSA) is 89.9 Å². The Hall–Kier alpha value is -2.42. The first-order valence-electron chi connectivity index (χ1n) is 8.82. The average molecular weight is 393 g/mol. The van der Waals surface area contributed by atoms with Gasteiger partial charge in [0.25, 0.3) is 5.56 Å². The zero-order valence-electron chi connectivity index (χ0n) is 15.3. The molecule has 3 rings (SSSR count). The fourth-order valence-corrected chi connectivity index (χ4v) is 4.18. The van der Waals surface area contributed by atoms with Crippen LogP contribution in [0.1, 0.15) is 24.5 Å². The van der Waals surface area contributed by atoms with Crippen LogP contribution in [-0.4, -0.2) is 59.9 Å². The van der Waals surface area contributed by atoms with Gasteiger partial charge in [-0.2, -0.15) is 0 Å². The second kappa shape index (κ2) is 8.08. The molecule has 1 fully saturated rings. The van der Waals surface area contributed by atoms with E-state index in [1.807, 2.05) is 15.5 Å². The van der Waals surface area contributed by atoms with E-state index in [0.29, 0.717) is 30.7 Å². The van der Waals surface area contributed by atoms with Gasteiger partial charge < -0.3 is 24.3 Å². The van der Waals surface area contributed by atoms with Crippen molar-refractivity contribution in [3.05, 3.63) is 34.2 Å². The second-order valence-electron chi connectivity index (χ2n) is 6.91. The van der Waals surface area contributed by atoms with E-state index >= 15 is 0 Å². The molecule has 0 amide bonds. The summed E-state index contributed by atoms with van der Waals surface area (Å²) in [4.78, 5) is 37.7. The minimum Gasteiger partial charge on any atom is -0.469 e. The van der Waals surface area contributed by atoms with Crippen molar-refractivity contribution in [3.8, 4) is 0 Å². The Morgan fingerprint density at radius 3 is 2.74 bits per heavy atom. The number of esters is 2. The van der Waals surface area contributed by atoms with Crippen LogP contribution >= 0.6 is 12.2 Å². The summed E-state index contributed by atoms with van der Waals surface area (Å²) < 4.78 is 11.2. The van der Waals surface area contributed by atoms with Crippen molar-refractivity contribution in [2.24, 2.45) is 5.92 Å². The molecule has 0 aromatic carbocycles. The summed E-state index contributed by atoms with van der Waals surface area (Å²) >= 11 is 5.50. The Bertz CT molecular complexity index is 808. The number of methoxy groups -OCH3 is 2. The number of aromatic nitrogens is 1. The highest BCUT2D eigenvalue weighted by molar-refractivity contribution is 7.80. The summed E-state index contributed by atoms with van der Waals surface area (Å²) in [7, 11) is 2.53. The molecule has 1 aromatic rings. The first-order chi connectivity index (χ1) is 12.9. The molecule has 146 valence electrons. The van der Waals surface area contributed by atoms with Crippen molar-refractivity contribution in [2.45, 2.75) is 31.3 Å². The smallest absolute Gasteiger partial charge is 0.328 e. The van der Waals surface area contributed by atoms with E-state index in [4.69, 9.17) is 17.0 Å². The van der Waals surface area contributed by atoms with Gasteiger partial charge in [0.15, 0.2) is 5.11 Å². The molecule has 0 spiro atoms. The van der Waals surface area contributed by atoms with Crippen LogP contribution in [0.5, 0.6) is 0 Å². The molecule has 1 N–H and O–H groups in total. The van der Waals surface area contributed by atoms with E-state index in [1.54, 1.807) is 12.1 Å². The Morgan fingerprint density at radius 2 is 2.04 bits per heavy atom. The molecule has 27 heavy (non-hydrogen) atoms. The zero-order chi connectivity index (χ0) is 19.6. The van der Waals surface area contributed by atoms with Gasteiger partial charge in [0, 0.05) is 37.3 Å². The molecule has 0 saturated carbocycles. The predicted molar refractivity (Wildman–Crippen MR) is 101 cm³/mol. The van der Waals surface area contributed by atoms with Crippen molar-refractivity contribution in [2.75, 3.05) is 27.3 Å². The lowest BCUT2D eigenvalue weighted by molar-refractivity contribution is -0.149. The van der Waals surface area contributed by atoms with Crippen LogP contribution in [0, 0.1) is 5.92 Å².